The van der Waals surface area contributed by atoms with Crippen molar-refractivity contribution >= 4 is 17.3 Å². The minimum Gasteiger partial charge on any atom is -0.462 e. The number of anilines is 2. The molecular formula is C15H24N2O2. The Balaban J connectivity index is 2.54. The lowest BCUT2D eigenvalue weighted by molar-refractivity contribution is 0.0429. The first-order valence-corrected chi connectivity index (χ1v) is 6.90. The predicted molar refractivity (Wildman–Crippen MR) is 78.9 cm³/mol. The number of benzene rings is 1. The highest BCUT2D eigenvalue weighted by Gasteiger charge is 2.14. The lowest BCUT2D eigenvalue weighted by Gasteiger charge is -2.15. The number of unbranched alkanes of at least 4 members (excludes halogenated alkanes) is 1. The van der Waals surface area contributed by atoms with E-state index in [0.717, 1.165) is 19.3 Å². The fourth-order valence-corrected chi connectivity index (χ4v) is 1.94. The number of nitrogens with two attached hydrogens (primary N) is 2. The summed E-state index contributed by atoms with van der Waals surface area (Å²) < 4.78 is 5.34. The summed E-state index contributed by atoms with van der Waals surface area (Å²) >= 11 is 0. The molecule has 0 aromatic heterocycles. The van der Waals surface area contributed by atoms with Crippen LogP contribution in [0.3, 0.4) is 0 Å². The van der Waals surface area contributed by atoms with Gasteiger partial charge in [0, 0.05) is 11.4 Å². The van der Waals surface area contributed by atoms with Gasteiger partial charge in [-0.05, 0) is 30.5 Å². The number of hydrogen-bond acceptors (Lipinski definition) is 4. The van der Waals surface area contributed by atoms with Gasteiger partial charge in [0.25, 0.3) is 0 Å². The zero-order chi connectivity index (χ0) is 14.3. The van der Waals surface area contributed by atoms with Crippen molar-refractivity contribution in [3.05, 3.63) is 23.8 Å². The summed E-state index contributed by atoms with van der Waals surface area (Å²) in [6.07, 6.45) is 4.44. The number of esters is 1. The van der Waals surface area contributed by atoms with Crippen molar-refractivity contribution < 1.29 is 9.53 Å². The molecule has 0 bridgehead atoms. The highest BCUT2D eigenvalue weighted by atomic mass is 16.5. The van der Waals surface area contributed by atoms with Crippen molar-refractivity contribution in [1.82, 2.24) is 0 Å². The van der Waals surface area contributed by atoms with Crippen LogP contribution >= 0.6 is 0 Å². The van der Waals surface area contributed by atoms with Crippen LogP contribution in [0.5, 0.6) is 0 Å². The van der Waals surface area contributed by atoms with E-state index in [1.807, 2.05) is 0 Å². The molecule has 0 heterocycles. The minimum absolute atomic E-state index is 0.367. The van der Waals surface area contributed by atoms with Crippen molar-refractivity contribution in [2.75, 3.05) is 18.1 Å². The lowest BCUT2D eigenvalue weighted by atomic mass is 10.0. The van der Waals surface area contributed by atoms with Gasteiger partial charge in [-0.25, -0.2) is 4.79 Å². The number of hydrogen-bond donors (Lipinski definition) is 2. The molecule has 1 aromatic carbocycles. The minimum atomic E-state index is -0.368. The molecule has 0 amide bonds. The van der Waals surface area contributed by atoms with Gasteiger partial charge in [-0.15, -0.1) is 0 Å². The highest BCUT2D eigenvalue weighted by molar-refractivity contribution is 5.95. The number of ether oxygens (including phenoxy) is 1. The van der Waals surface area contributed by atoms with Crippen LogP contribution < -0.4 is 11.5 Å². The smallest absolute Gasteiger partial charge is 0.340 e. The molecule has 0 saturated heterocycles. The first kappa shape index (κ1) is 15.3. The van der Waals surface area contributed by atoms with E-state index in [-0.39, 0.29) is 5.97 Å². The maximum absolute atomic E-state index is 11.9. The van der Waals surface area contributed by atoms with E-state index in [0.29, 0.717) is 29.5 Å². The standard InChI is InChI=1S/C15H24N2O2/c1-3-5-6-11(4-2)10-19-15(18)13-8-7-12(16)9-14(13)17/h7-9,11H,3-6,10,16-17H2,1-2H3. The van der Waals surface area contributed by atoms with E-state index < -0.39 is 0 Å². The van der Waals surface area contributed by atoms with Crippen LogP contribution in [0.25, 0.3) is 0 Å². The van der Waals surface area contributed by atoms with Gasteiger partial charge in [-0.2, -0.15) is 0 Å². The molecule has 1 atom stereocenters. The predicted octanol–water partition coefficient (Wildman–Crippen LogP) is 3.22. The van der Waals surface area contributed by atoms with Crippen LogP contribution in [-0.2, 0) is 4.74 Å². The molecule has 0 aliphatic carbocycles. The Morgan fingerprint density at radius 1 is 1.32 bits per heavy atom. The molecule has 4 nitrogen and oxygen atoms in total. The molecule has 106 valence electrons. The summed E-state index contributed by atoms with van der Waals surface area (Å²) in [5.41, 5.74) is 12.7. The Morgan fingerprint density at radius 2 is 2.05 bits per heavy atom. The fourth-order valence-electron chi connectivity index (χ4n) is 1.94. The molecule has 0 saturated carbocycles. The van der Waals surface area contributed by atoms with Crippen LogP contribution in [-0.4, -0.2) is 12.6 Å². The fraction of sp³-hybridized carbons (Fsp3) is 0.533. The molecule has 0 fully saturated rings. The van der Waals surface area contributed by atoms with Crippen LogP contribution in [0.2, 0.25) is 0 Å². The molecule has 1 aromatic rings. The van der Waals surface area contributed by atoms with E-state index in [1.165, 1.54) is 6.42 Å². The van der Waals surface area contributed by atoms with Gasteiger partial charge in [0.2, 0.25) is 0 Å². The van der Waals surface area contributed by atoms with E-state index in [1.54, 1.807) is 18.2 Å². The van der Waals surface area contributed by atoms with E-state index in [9.17, 15) is 4.79 Å². The van der Waals surface area contributed by atoms with E-state index in [4.69, 9.17) is 16.2 Å². The Labute approximate surface area is 115 Å². The third-order valence-electron chi connectivity index (χ3n) is 3.29. The highest BCUT2D eigenvalue weighted by Crippen LogP contribution is 2.18. The van der Waals surface area contributed by atoms with Gasteiger partial charge >= 0.3 is 5.97 Å². The SMILES string of the molecule is CCCCC(CC)COC(=O)c1ccc(N)cc1N. The van der Waals surface area contributed by atoms with E-state index >= 15 is 0 Å². The largest absolute Gasteiger partial charge is 0.462 e. The monoisotopic (exact) mass is 264 g/mol. The second-order valence-electron chi connectivity index (χ2n) is 4.86. The maximum atomic E-state index is 11.9. The van der Waals surface area contributed by atoms with Gasteiger partial charge in [0.1, 0.15) is 0 Å². The summed E-state index contributed by atoms with van der Waals surface area (Å²) in [7, 11) is 0. The third-order valence-corrected chi connectivity index (χ3v) is 3.29. The zero-order valence-electron chi connectivity index (χ0n) is 11.8. The molecule has 0 spiro atoms. The summed E-state index contributed by atoms with van der Waals surface area (Å²) in [6.45, 7) is 4.73. The van der Waals surface area contributed by atoms with Gasteiger partial charge in [-0.3, -0.25) is 0 Å². The van der Waals surface area contributed by atoms with Crippen molar-refractivity contribution in [2.45, 2.75) is 39.5 Å². The first-order chi connectivity index (χ1) is 9.08. The summed E-state index contributed by atoms with van der Waals surface area (Å²) in [4.78, 5) is 11.9. The first-order valence-electron chi connectivity index (χ1n) is 6.90. The lowest BCUT2D eigenvalue weighted by Crippen LogP contribution is -2.15. The van der Waals surface area contributed by atoms with Gasteiger partial charge in [0.05, 0.1) is 12.2 Å². The van der Waals surface area contributed by atoms with Crippen LogP contribution in [0, 0.1) is 5.92 Å². The average Bonchev–Trinajstić information content (AvgIpc) is 2.38. The number of carbonyl (C=O) groups is 1. The molecule has 0 aliphatic heterocycles. The molecule has 4 heteroatoms. The molecule has 19 heavy (non-hydrogen) atoms. The summed E-state index contributed by atoms with van der Waals surface area (Å²) in [5, 5.41) is 0. The molecule has 0 aliphatic rings. The normalized spacial score (nSPS) is 12.1. The molecule has 1 unspecified atom stereocenters. The number of rotatable bonds is 7. The van der Waals surface area contributed by atoms with Gasteiger partial charge in [-0.1, -0.05) is 33.1 Å². The quantitative estimate of drug-likeness (QED) is 0.585. The van der Waals surface area contributed by atoms with Crippen molar-refractivity contribution in [3.63, 3.8) is 0 Å². The summed E-state index contributed by atoms with van der Waals surface area (Å²) in [5.74, 6) is 0.0614. The van der Waals surface area contributed by atoms with Crippen molar-refractivity contribution in [1.29, 1.82) is 0 Å². The van der Waals surface area contributed by atoms with E-state index in [2.05, 4.69) is 13.8 Å². The second kappa shape index (κ2) is 7.67. The zero-order valence-corrected chi connectivity index (χ0v) is 11.8. The molecular weight excluding hydrogens is 240 g/mol. The Bertz CT molecular complexity index is 419. The Hall–Kier alpha value is -1.71. The molecule has 4 N–H and O–H groups in total. The third kappa shape index (κ3) is 4.81. The number of nitrogen functional groups attached to an aromatic ring is 2. The second-order valence-corrected chi connectivity index (χ2v) is 4.86. The molecule has 1 rings (SSSR count). The maximum Gasteiger partial charge on any atom is 0.340 e. The topological polar surface area (TPSA) is 78.3 Å². The summed E-state index contributed by atoms with van der Waals surface area (Å²) in [6, 6.07) is 4.84. The Morgan fingerprint density at radius 3 is 2.63 bits per heavy atom. The van der Waals surface area contributed by atoms with Crippen LogP contribution in [0.15, 0.2) is 18.2 Å². The van der Waals surface area contributed by atoms with Crippen molar-refractivity contribution in [3.8, 4) is 0 Å². The molecule has 0 radical (unpaired) electrons. The van der Waals surface area contributed by atoms with Crippen LogP contribution in [0.4, 0.5) is 11.4 Å². The van der Waals surface area contributed by atoms with Gasteiger partial charge < -0.3 is 16.2 Å². The number of carbonyl (C=O) groups excluding carboxylic acids is 1. The Kier molecular flexibility index (Phi) is 6.19. The average molecular weight is 264 g/mol. The van der Waals surface area contributed by atoms with Crippen LogP contribution in [0.1, 0.15) is 49.9 Å². The van der Waals surface area contributed by atoms with Crippen molar-refractivity contribution in [2.24, 2.45) is 5.92 Å². The van der Waals surface area contributed by atoms with Gasteiger partial charge in [0.15, 0.2) is 0 Å².